The number of benzene rings is 3. The molecule has 1 amide bonds. The van der Waals surface area contributed by atoms with Crippen molar-refractivity contribution < 1.29 is 9.53 Å². The molecule has 0 aliphatic carbocycles. The van der Waals surface area contributed by atoms with Crippen LogP contribution in [-0.2, 0) is 16.1 Å². The average Bonchev–Trinajstić information content (AvgIpc) is 3.44. The minimum absolute atomic E-state index is 0.0736. The Morgan fingerprint density at radius 2 is 1.74 bits per heavy atom. The van der Waals surface area contributed by atoms with Gasteiger partial charge in [0.05, 0.1) is 24.4 Å². The number of nitrogens with zero attached hydrogens (tertiary/aromatic N) is 2. The van der Waals surface area contributed by atoms with Gasteiger partial charge in [-0.25, -0.2) is 0 Å². The summed E-state index contributed by atoms with van der Waals surface area (Å²) in [6, 6.07) is 22.5. The first-order chi connectivity index (χ1) is 17.2. The van der Waals surface area contributed by atoms with Crippen molar-refractivity contribution in [2.45, 2.75) is 6.54 Å². The molecule has 1 aromatic heterocycles. The van der Waals surface area contributed by atoms with Crippen LogP contribution in [0.15, 0.2) is 66.7 Å². The van der Waals surface area contributed by atoms with E-state index in [1.54, 1.807) is 0 Å². The fourth-order valence-corrected chi connectivity index (χ4v) is 4.65. The molecule has 1 fully saturated rings. The van der Waals surface area contributed by atoms with Gasteiger partial charge in [-0.2, -0.15) is 5.10 Å². The minimum Gasteiger partial charge on any atom is -0.379 e. The van der Waals surface area contributed by atoms with Crippen molar-refractivity contribution in [1.29, 1.82) is 0 Å². The number of anilines is 1. The maximum Gasteiger partial charge on any atom is 0.256 e. The van der Waals surface area contributed by atoms with E-state index < -0.39 is 0 Å². The maximum absolute atomic E-state index is 12.4. The molecule has 2 N–H and O–H groups in total. The first-order valence-corrected chi connectivity index (χ1v) is 11.9. The van der Waals surface area contributed by atoms with Crippen molar-refractivity contribution in [3.8, 4) is 0 Å². The van der Waals surface area contributed by atoms with Crippen molar-refractivity contribution in [3.05, 3.63) is 94.7 Å². The third-order valence-electron chi connectivity index (χ3n) is 6.56. The number of H-pyrrole nitrogens is 1. The van der Waals surface area contributed by atoms with E-state index in [1.807, 2.05) is 48.6 Å². The van der Waals surface area contributed by atoms with Gasteiger partial charge in [-0.1, -0.05) is 54.6 Å². The largest absolute Gasteiger partial charge is 0.379 e. The Kier molecular flexibility index (Phi) is 5.74. The Hall–Kier alpha value is -4.00. The summed E-state index contributed by atoms with van der Waals surface area (Å²) in [5, 5.41) is 11.6. The number of hydrogen-bond donors (Lipinski definition) is 2. The molecule has 35 heavy (non-hydrogen) atoms. The molecular formula is C29H26N4O2. The highest BCUT2D eigenvalue weighted by Crippen LogP contribution is 2.33. The molecule has 174 valence electrons. The molecule has 0 bridgehead atoms. The topological polar surface area (TPSA) is 70.2 Å². The lowest BCUT2D eigenvalue weighted by molar-refractivity contribution is -0.110. The van der Waals surface area contributed by atoms with Crippen molar-refractivity contribution >= 4 is 46.3 Å². The molecule has 3 aromatic carbocycles. The SMILES string of the molecule is O=C1Nc2ccccc2/C1=C/c1ccc2c(/C=C/c3ccc(CN4CCOCC4)cc3)n[nH]c2c1. The molecule has 6 rings (SSSR count). The summed E-state index contributed by atoms with van der Waals surface area (Å²) in [6.07, 6.45) is 6.05. The van der Waals surface area contributed by atoms with Crippen molar-refractivity contribution in [1.82, 2.24) is 15.1 Å². The number of nitrogens with one attached hydrogen (secondary N) is 2. The molecule has 6 heteroatoms. The first-order valence-electron chi connectivity index (χ1n) is 11.9. The molecule has 4 aromatic rings. The van der Waals surface area contributed by atoms with Gasteiger partial charge in [0.25, 0.3) is 5.91 Å². The second-order valence-electron chi connectivity index (χ2n) is 8.94. The van der Waals surface area contributed by atoms with Crippen LogP contribution in [0.1, 0.15) is 27.9 Å². The number of fused-ring (bicyclic) bond motifs is 2. The highest BCUT2D eigenvalue weighted by Gasteiger charge is 2.23. The van der Waals surface area contributed by atoms with E-state index in [9.17, 15) is 4.79 Å². The Bertz CT molecular complexity index is 1440. The average molecular weight is 463 g/mol. The lowest BCUT2D eigenvalue weighted by Crippen LogP contribution is -2.35. The number of rotatable bonds is 5. The summed E-state index contributed by atoms with van der Waals surface area (Å²) in [6.45, 7) is 4.59. The zero-order valence-corrected chi connectivity index (χ0v) is 19.3. The maximum atomic E-state index is 12.4. The smallest absolute Gasteiger partial charge is 0.256 e. The number of ether oxygens (including phenoxy) is 1. The number of hydrogen-bond acceptors (Lipinski definition) is 4. The number of carbonyl (C=O) groups excluding carboxylic acids is 1. The normalized spacial score (nSPS) is 17.4. The van der Waals surface area contributed by atoms with E-state index in [2.05, 4.69) is 56.8 Å². The summed E-state index contributed by atoms with van der Waals surface area (Å²) >= 11 is 0. The Labute approximate surface area is 203 Å². The summed E-state index contributed by atoms with van der Waals surface area (Å²) < 4.78 is 5.43. The number of para-hydroxylation sites is 1. The van der Waals surface area contributed by atoms with E-state index in [-0.39, 0.29) is 5.91 Å². The van der Waals surface area contributed by atoms with Gasteiger partial charge in [0.15, 0.2) is 0 Å². The quantitative estimate of drug-likeness (QED) is 0.407. The van der Waals surface area contributed by atoms with Crippen LogP contribution in [0.5, 0.6) is 0 Å². The zero-order chi connectivity index (χ0) is 23.6. The standard InChI is InChI=1S/C29H26N4O2/c34-29-25(23-3-1-2-4-26(23)30-29)17-22-9-11-24-27(31-32-28(24)18-22)12-10-20-5-7-21(8-6-20)19-33-13-15-35-16-14-33/h1-12,17-18H,13-16,19H2,(H,30,34)(H,31,32)/b12-10+,25-17-. The van der Waals surface area contributed by atoms with Gasteiger partial charge in [0.1, 0.15) is 0 Å². The second kappa shape index (κ2) is 9.33. The van der Waals surface area contributed by atoms with Gasteiger partial charge < -0.3 is 10.1 Å². The van der Waals surface area contributed by atoms with Gasteiger partial charge in [0.2, 0.25) is 0 Å². The molecule has 0 atom stereocenters. The predicted molar refractivity (Wildman–Crippen MR) is 141 cm³/mol. The monoisotopic (exact) mass is 462 g/mol. The Morgan fingerprint density at radius 1 is 0.943 bits per heavy atom. The van der Waals surface area contributed by atoms with Crippen LogP contribution in [0.4, 0.5) is 5.69 Å². The predicted octanol–water partition coefficient (Wildman–Crippen LogP) is 5.06. The van der Waals surface area contributed by atoms with E-state index in [0.29, 0.717) is 5.57 Å². The fraction of sp³-hybridized carbons (Fsp3) is 0.172. The lowest BCUT2D eigenvalue weighted by atomic mass is 10.0. The summed E-state index contributed by atoms with van der Waals surface area (Å²) in [4.78, 5) is 14.9. The summed E-state index contributed by atoms with van der Waals surface area (Å²) in [5.74, 6) is -0.0736. The van der Waals surface area contributed by atoms with Gasteiger partial charge in [0, 0.05) is 41.8 Å². The first kappa shape index (κ1) is 21.5. The van der Waals surface area contributed by atoms with Crippen molar-refractivity contribution in [2.24, 2.45) is 0 Å². The number of carbonyl (C=O) groups is 1. The molecule has 3 heterocycles. The van der Waals surface area contributed by atoms with Gasteiger partial charge >= 0.3 is 0 Å². The molecule has 2 aliphatic rings. The van der Waals surface area contributed by atoms with Crippen molar-refractivity contribution in [3.63, 3.8) is 0 Å². The fourth-order valence-electron chi connectivity index (χ4n) is 4.65. The number of aromatic amines is 1. The highest BCUT2D eigenvalue weighted by atomic mass is 16.5. The molecule has 2 aliphatic heterocycles. The molecule has 0 saturated carbocycles. The Balaban J connectivity index is 1.18. The van der Waals surface area contributed by atoms with E-state index in [4.69, 9.17) is 4.74 Å². The van der Waals surface area contributed by atoms with Crippen LogP contribution in [0.3, 0.4) is 0 Å². The molecular weight excluding hydrogens is 436 g/mol. The van der Waals surface area contributed by atoms with Crippen LogP contribution in [0.25, 0.3) is 34.7 Å². The Morgan fingerprint density at radius 3 is 2.60 bits per heavy atom. The molecule has 0 spiro atoms. The molecule has 6 nitrogen and oxygen atoms in total. The van der Waals surface area contributed by atoms with E-state index in [1.165, 1.54) is 5.56 Å². The van der Waals surface area contributed by atoms with Gasteiger partial charge in [-0.05, 0) is 47.0 Å². The second-order valence-corrected chi connectivity index (χ2v) is 8.94. The van der Waals surface area contributed by atoms with E-state index >= 15 is 0 Å². The highest BCUT2D eigenvalue weighted by molar-refractivity contribution is 6.34. The molecule has 1 saturated heterocycles. The minimum atomic E-state index is -0.0736. The van der Waals surface area contributed by atoms with Crippen molar-refractivity contribution in [2.75, 3.05) is 31.6 Å². The van der Waals surface area contributed by atoms with Gasteiger partial charge in [-0.15, -0.1) is 0 Å². The van der Waals surface area contributed by atoms with Crippen LogP contribution in [0.2, 0.25) is 0 Å². The molecule has 0 unspecified atom stereocenters. The van der Waals surface area contributed by atoms with E-state index in [0.717, 1.165) is 71.8 Å². The third kappa shape index (κ3) is 4.54. The lowest BCUT2D eigenvalue weighted by Gasteiger charge is -2.26. The van der Waals surface area contributed by atoms with Crippen LogP contribution < -0.4 is 5.32 Å². The molecule has 0 radical (unpaired) electrons. The third-order valence-corrected chi connectivity index (χ3v) is 6.56. The summed E-state index contributed by atoms with van der Waals surface area (Å²) in [7, 11) is 0. The van der Waals surface area contributed by atoms with Crippen LogP contribution in [-0.4, -0.2) is 47.3 Å². The van der Waals surface area contributed by atoms with Gasteiger partial charge in [-0.3, -0.25) is 14.8 Å². The zero-order valence-electron chi connectivity index (χ0n) is 19.3. The summed E-state index contributed by atoms with van der Waals surface area (Å²) in [5.41, 5.74) is 7.70. The van der Waals surface area contributed by atoms with Crippen LogP contribution in [0, 0.1) is 0 Å². The number of aromatic nitrogens is 2. The number of morpholine rings is 1. The number of amides is 1. The van der Waals surface area contributed by atoms with Crippen LogP contribution >= 0.6 is 0 Å².